The van der Waals surface area contributed by atoms with Crippen LogP contribution in [0.25, 0.3) is 0 Å². The van der Waals surface area contributed by atoms with Gasteiger partial charge in [0.05, 0.1) is 6.61 Å². The predicted molar refractivity (Wildman–Crippen MR) is 73.7 cm³/mol. The molecule has 1 saturated heterocycles. The first-order chi connectivity index (χ1) is 9.15. The molecule has 0 aliphatic carbocycles. The molecule has 0 spiro atoms. The zero-order valence-corrected chi connectivity index (χ0v) is 11.6. The molecule has 1 heterocycles. The minimum atomic E-state index is -0.764. The van der Waals surface area contributed by atoms with Gasteiger partial charge in [-0.15, -0.1) is 11.8 Å². The maximum Gasteiger partial charge on any atom is 0.303 e. The highest BCUT2D eigenvalue weighted by molar-refractivity contribution is 7.99. The van der Waals surface area contributed by atoms with Crippen molar-refractivity contribution in [2.45, 2.75) is 36.7 Å². The number of carbonyl (C=O) groups excluding carboxylic acids is 1. The highest BCUT2D eigenvalue weighted by atomic mass is 32.2. The maximum atomic E-state index is 11.1. The van der Waals surface area contributed by atoms with Crippen LogP contribution in [0, 0.1) is 0 Å². The smallest absolute Gasteiger partial charge is 0.303 e. The third-order valence-electron chi connectivity index (χ3n) is 2.93. The van der Waals surface area contributed by atoms with Gasteiger partial charge in [-0.25, -0.2) is 0 Å². The fourth-order valence-corrected chi connectivity index (χ4v) is 3.26. The number of aliphatic hydroxyl groups excluding tert-OH is 1. The van der Waals surface area contributed by atoms with Crippen LogP contribution in [-0.2, 0) is 20.0 Å². The second-order valence-corrected chi connectivity index (χ2v) is 5.73. The number of thioether (sulfide) groups is 1. The van der Waals surface area contributed by atoms with Crippen LogP contribution in [0.2, 0.25) is 0 Å². The molecule has 0 aromatic heterocycles. The molecule has 19 heavy (non-hydrogen) atoms. The SMILES string of the molecule is CC(=O)O[C@@H]1COC(O)C[C@H]1SCc1ccccc1. The molecule has 4 nitrogen and oxygen atoms in total. The van der Waals surface area contributed by atoms with E-state index in [0.717, 1.165) is 5.75 Å². The monoisotopic (exact) mass is 282 g/mol. The molecule has 1 aromatic carbocycles. The third kappa shape index (κ3) is 4.53. The van der Waals surface area contributed by atoms with E-state index in [0.29, 0.717) is 6.42 Å². The van der Waals surface area contributed by atoms with Crippen LogP contribution in [0.15, 0.2) is 30.3 Å². The van der Waals surface area contributed by atoms with Crippen molar-refractivity contribution in [3.8, 4) is 0 Å². The van der Waals surface area contributed by atoms with E-state index in [2.05, 4.69) is 12.1 Å². The molecule has 5 heteroatoms. The van der Waals surface area contributed by atoms with Crippen molar-refractivity contribution in [2.75, 3.05) is 6.61 Å². The van der Waals surface area contributed by atoms with Gasteiger partial charge in [0.1, 0.15) is 6.10 Å². The van der Waals surface area contributed by atoms with Crippen molar-refractivity contribution in [2.24, 2.45) is 0 Å². The summed E-state index contributed by atoms with van der Waals surface area (Å²) >= 11 is 1.69. The molecule has 0 radical (unpaired) electrons. The van der Waals surface area contributed by atoms with Crippen LogP contribution in [0.5, 0.6) is 0 Å². The molecular formula is C14H18O4S. The molecule has 1 fully saturated rings. The lowest BCUT2D eigenvalue weighted by Crippen LogP contribution is -2.42. The largest absolute Gasteiger partial charge is 0.459 e. The quantitative estimate of drug-likeness (QED) is 0.856. The topological polar surface area (TPSA) is 55.8 Å². The lowest BCUT2D eigenvalue weighted by molar-refractivity contribution is -0.177. The van der Waals surface area contributed by atoms with E-state index in [-0.39, 0.29) is 23.9 Å². The van der Waals surface area contributed by atoms with Gasteiger partial charge in [0.25, 0.3) is 0 Å². The second-order valence-electron chi connectivity index (χ2n) is 4.51. The third-order valence-corrected chi connectivity index (χ3v) is 4.35. The lowest BCUT2D eigenvalue weighted by atomic mass is 10.1. The summed E-state index contributed by atoms with van der Waals surface area (Å²) in [5.41, 5.74) is 1.22. The van der Waals surface area contributed by atoms with E-state index in [1.165, 1.54) is 12.5 Å². The summed E-state index contributed by atoms with van der Waals surface area (Å²) in [7, 11) is 0. The molecule has 2 rings (SSSR count). The Morgan fingerprint density at radius 2 is 2.21 bits per heavy atom. The van der Waals surface area contributed by atoms with Gasteiger partial charge in [-0.1, -0.05) is 30.3 Å². The molecule has 0 bridgehead atoms. The molecule has 1 aromatic rings. The number of hydrogen-bond acceptors (Lipinski definition) is 5. The zero-order chi connectivity index (χ0) is 13.7. The molecule has 1 unspecified atom stereocenters. The van der Waals surface area contributed by atoms with E-state index < -0.39 is 6.29 Å². The van der Waals surface area contributed by atoms with Gasteiger partial charge < -0.3 is 14.6 Å². The number of rotatable bonds is 4. The summed E-state index contributed by atoms with van der Waals surface area (Å²) in [4.78, 5) is 11.1. The van der Waals surface area contributed by atoms with E-state index in [9.17, 15) is 9.90 Å². The summed E-state index contributed by atoms with van der Waals surface area (Å²) in [5, 5.41) is 9.62. The molecule has 0 amide bonds. The Kier molecular flexibility index (Phi) is 5.24. The normalized spacial score (nSPS) is 26.9. The first kappa shape index (κ1) is 14.4. The van der Waals surface area contributed by atoms with Crippen molar-refractivity contribution in [1.29, 1.82) is 0 Å². The Bertz CT molecular complexity index is 409. The van der Waals surface area contributed by atoms with Crippen LogP contribution in [0.3, 0.4) is 0 Å². The zero-order valence-electron chi connectivity index (χ0n) is 10.8. The fourth-order valence-electron chi connectivity index (χ4n) is 2.01. The molecule has 1 aliphatic heterocycles. The Balaban J connectivity index is 1.92. The average Bonchev–Trinajstić information content (AvgIpc) is 2.40. The standard InChI is InChI=1S/C14H18O4S/c1-10(15)18-12-8-17-14(16)7-13(12)19-9-11-5-3-2-4-6-11/h2-6,12-14,16H,7-9H2,1H3/t12-,13-,14?/m1/s1. The van der Waals surface area contributed by atoms with Crippen LogP contribution in [-0.4, -0.2) is 35.3 Å². The highest BCUT2D eigenvalue weighted by Crippen LogP contribution is 2.29. The van der Waals surface area contributed by atoms with Gasteiger partial charge >= 0.3 is 5.97 Å². The number of esters is 1. The van der Waals surface area contributed by atoms with Crippen LogP contribution < -0.4 is 0 Å². The minimum Gasteiger partial charge on any atom is -0.459 e. The van der Waals surface area contributed by atoms with Crippen molar-refractivity contribution in [1.82, 2.24) is 0 Å². The number of carbonyl (C=O) groups is 1. The van der Waals surface area contributed by atoms with E-state index in [1.54, 1.807) is 11.8 Å². The van der Waals surface area contributed by atoms with Crippen molar-refractivity contribution < 1.29 is 19.4 Å². The number of ether oxygens (including phenoxy) is 2. The Labute approximate surface area is 117 Å². The molecule has 3 atom stereocenters. The maximum absolute atomic E-state index is 11.1. The number of benzene rings is 1. The van der Waals surface area contributed by atoms with Gasteiger partial charge in [0.15, 0.2) is 6.29 Å². The van der Waals surface area contributed by atoms with Gasteiger partial charge in [-0.05, 0) is 5.56 Å². The van der Waals surface area contributed by atoms with E-state index >= 15 is 0 Å². The molecular weight excluding hydrogens is 264 g/mol. The van der Waals surface area contributed by atoms with E-state index in [1.807, 2.05) is 18.2 Å². The first-order valence-electron chi connectivity index (χ1n) is 6.27. The van der Waals surface area contributed by atoms with Crippen molar-refractivity contribution in [3.63, 3.8) is 0 Å². The number of aliphatic hydroxyl groups is 1. The van der Waals surface area contributed by atoms with Crippen LogP contribution >= 0.6 is 11.8 Å². The summed E-state index contributed by atoms with van der Waals surface area (Å²) in [6.07, 6.45) is -0.565. The Morgan fingerprint density at radius 3 is 2.89 bits per heavy atom. The lowest BCUT2D eigenvalue weighted by Gasteiger charge is -2.33. The Morgan fingerprint density at radius 1 is 1.47 bits per heavy atom. The highest BCUT2D eigenvalue weighted by Gasteiger charge is 2.32. The van der Waals surface area contributed by atoms with Gasteiger partial charge in [0, 0.05) is 24.3 Å². The fraction of sp³-hybridized carbons (Fsp3) is 0.500. The van der Waals surface area contributed by atoms with Crippen LogP contribution in [0.4, 0.5) is 0 Å². The summed E-state index contributed by atoms with van der Waals surface area (Å²) < 4.78 is 10.4. The first-order valence-corrected chi connectivity index (χ1v) is 7.32. The molecule has 104 valence electrons. The van der Waals surface area contributed by atoms with Gasteiger partial charge in [-0.2, -0.15) is 0 Å². The van der Waals surface area contributed by atoms with Crippen molar-refractivity contribution in [3.05, 3.63) is 35.9 Å². The minimum absolute atomic E-state index is 0.0628. The molecule has 1 N–H and O–H groups in total. The summed E-state index contributed by atoms with van der Waals surface area (Å²) in [6, 6.07) is 10.1. The van der Waals surface area contributed by atoms with Gasteiger partial charge in [0.2, 0.25) is 0 Å². The van der Waals surface area contributed by atoms with Crippen LogP contribution in [0.1, 0.15) is 18.9 Å². The second kappa shape index (κ2) is 6.93. The molecule has 1 aliphatic rings. The average molecular weight is 282 g/mol. The summed E-state index contributed by atoms with van der Waals surface area (Å²) in [6.45, 7) is 1.65. The molecule has 0 saturated carbocycles. The Hall–Kier alpha value is -1.04. The van der Waals surface area contributed by atoms with Crippen molar-refractivity contribution >= 4 is 17.7 Å². The van der Waals surface area contributed by atoms with E-state index in [4.69, 9.17) is 9.47 Å². The predicted octanol–water partition coefficient (Wildman–Crippen LogP) is 1.96. The number of hydrogen-bond donors (Lipinski definition) is 1. The van der Waals surface area contributed by atoms with Gasteiger partial charge in [-0.3, -0.25) is 4.79 Å². The summed E-state index contributed by atoms with van der Waals surface area (Å²) in [5.74, 6) is 0.519.